The van der Waals surface area contributed by atoms with Gasteiger partial charge in [0.15, 0.2) is 0 Å². The minimum absolute atomic E-state index is 0.0403. The Balaban J connectivity index is 1.34. The van der Waals surface area contributed by atoms with Crippen LogP contribution in [0.3, 0.4) is 0 Å². The van der Waals surface area contributed by atoms with Gasteiger partial charge in [-0.2, -0.15) is 5.10 Å². The molecule has 14 heteroatoms. The second-order valence-corrected chi connectivity index (χ2v) is 11.8. The molecule has 6 rings (SSSR count). The first kappa shape index (κ1) is 31.6. The Hall–Kier alpha value is -4.39. The molecule has 2 aliphatic rings. The molecule has 3 N–H and O–H groups in total. The van der Waals surface area contributed by atoms with Crippen LogP contribution in [0.2, 0.25) is 10.0 Å². The van der Waals surface area contributed by atoms with Gasteiger partial charge in [-0.25, -0.2) is 18.4 Å². The maximum absolute atomic E-state index is 15.5. The summed E-state index contributed by atoms with van der Waals surface area (Å²) in [5.41, 5.74) is 0.945. The van der Waals surface area contributed by atoms with Gasteiger partial charge in [0.05, 0.1) is 28.5 Å². The van der Waals surface area contributed by atoms with E-state index >= 15 is 8.78 Å². The van der Waals surface area contributed by atoms with Crippen LogP contribution in [-0.4, -0.2) is 46.3 Å². The number of nitrogens with one attached hydrogen (secondary N) is 3. The summed E-state index contributed by atoms with van der Waals surface area (Å²) in [6, 6.07) is 7.92. The number of anilines is 1. The van der Waals surface area contributed by atoms with E-state index in [0.29, 0.717) is 36.5 Å². The van der Waals surface area contributed by atoms with Gasteiger partial charge in [0, 0.05) is 60.5 Å². The smallest absolute Gasteiger partial charge is 0.279 e. The van der Waals surface area contributed by atoms with Gasteiger partial charge in [-0.3, -0.25) is 14.4 Å². The molecule has 1 saturated heterocycles. The van der Waals surface area contributed by atoms with Crippen molar-refractivity contribution in [2.45, 2.75) is 37.8 Å². The van der Waals surface area contributed by atoms with Gasteiger partial charge in [0.1, 0.15) is 17.2 Å². The lowest BCUT2D eigenvalue weighted by Gasteiger charge is -2.20. The largest absolute Gasteiger partial charge is 0.481 e. The first-order valence-corrected chi connectivity index (χ1v) is 15.2. The van der Waals surface area contributed by atoms with Crippen molar-refractivity contribution in [2.75, 3.05) is 19.0 Å². The van der Waals surface area contributed by atoms with Crippen molar-refractivity contribution < 1.29 is 23.1 Å². The summed E-state index contributed by atoms with van der Waals surface area (Å²) in [5, 5.41) is 12.3. The number of rotatable bonds is 8. The molecule has 238 valence electrons. The number of carbonyl (C=O) groups excluding carboxylic acids is 2. The zero-order valence-corrected chi connectivity index (χ0v) is 26.2. The second-order valence-electron chi connectivity index (χ2n) is 11.1. The summed E-state index contributed by atoms with van der Waals surface area (Å²) in [6.45, 7) is 0.610. The molecule has 3 heterocycles. The fourth-order valence-corrected chi connectivity index (χ4v) is 6.58. The predicted octanol–water partition coefficient (Wildman–Crippen LogP) is 5.21. The molecule has 1 fully saturated rings. The topological polar surface area (TPSA) is 127 Å². The zero-order valence-electron chi connectivity index (χ0n) is 24.7. The molecule has 10 nitrogen and oxygen atoms in total. The Morgan fingerprint density at radius 3 is 2.52 bits per heavy atom. The highest BCUT2D eigenvalue weighted by Gasteiger charge is 2.31. The monoisotopic (exact) mass is 668 g/mol. The summed E-state index contributed by atoms with van der Waals surface area (Å²) in [6.07, 6.45) is 4.07. The third kappa shape index (κ3) is 5.83. The number of nitrogens with zero attached hydrogens (tertiary/aromatic N) is 3. The van der Waals surface area contributed by atoms with Crippen molar-refractivity contribution in [3.8, 4) is 28.3 Å². The molecule has 0 radical (unpaired) electrons. The highest BCUT2D eigenvalue weighted by atomic mass is 35.5. The minimum Gasteiger partial charge on any atom is -0.481 e. The van der Waals surface area contributed by atoms with E-state index in [4.69, 9.17) is 32.9 Å². The van der Waals surface area contributed by atoms with E-state index in [-0.39, 0.29) is 50.4 Å². The van der Waals surface area contributed by atoms with Crippen LogP contribution >= 0.6 is 23.2 Å². The van der Waals surface area contributed by atoms with Gasteiger partial charge in [-0.15, -0.1) is 0 Å². The van der Waals surface area contributed by atoms with E-state index in [0.717, 1.165) is 40.8 Å². The molecule has 0 saturated carbocycles. The number of fused-ring (bicyclic) bond motifs is 1. The highest BCUT2D eigenvalue weighted by Crippen LogP contribution is 2.46. The van der Waals surface area contributed by atoms with E-state index in [9.17, 15) is 14.4 Å². The molecular formula is C32H28Cl2F2N6O4. The number of aryl methyl sites for hydroxylation is 2. The van der Waals surface area contributed by atoms with Gasteiger partial charge in [0.25, 0.3) is 11.5 Å². The fourth-order valence-electron chi connectivity index (χ4n) is 5.94. The number of aromatic nitrogens is 3. The summed E-state index contributed by atoms with van der Waals surface area (Å²) in [4.78, 5) is 41.6. The SMILES string of the molecule is COc1nc(-c2ccc(F)c(-c3c(F)ccc(NC(=O)c4ccnn(C)c4=O)c3Cl)c2Cl)cc2c1C(NCC1CCC(=O)N1)CC2. The van der Waals surface area contributed by atoms with Gasteiger partial charge < -0.3 is 20.7 Å². The van der Waals surface area contributed by atoms with Crippen molar-refractivity contribution in [3.63, 3.8) is 0 Å². The number of hydrogen-bond acceptors (Lipinski definition) is 7. The quantitative estimate of drug-likeness (QED) is 0.235. The van der Waals surface area contributed by atoms with Crippen molar-refractivity contribution in [1.29, 1.82) is 0 Å². The average Bonchev–Trinajstić information content (AvgIpc) is 3.65. The number of halogens is 4. The van der Waals surface area contributed by atoms with Crippen LogP contribution in [0.1, 0.15) is 46.8 Å². The summed E-state index contributed by atoms with van der Waals surface area (Å²) in [5.74, 6) is -2.12. The number of ether oxygens (including phenoxy) is 1. The summed E-state index contributed by atoms with van der Waals surface area (Å²) >= 11 is 13.4. The standard InChI is InChI=1S/C32H28Cl2F2N6O4/c1-42-32(45)18(11-12-38-42)30(44)40-22-9-7-20(36)27(29(22)34)26-19(35)6-5-17(28(26)33)23-13-15-3-8-21(25(15)31(41-23)46-2)37-14-16-4-10-24(43)39-16/h5-7,9,11-13,16,21,37H,3-4,8,10,14H2,1-2H3,(H,39,43)(H,40,44). The number of amides is 2. The highest BCUT2D eigenvalue weighted by molar-refractivity contribution is 6.39. The Labute approximate surface area is 272 Å². The Kier molecular flexibility index (Phi) is 8.78. The molecule has 2 aromatic heterocycles. The van der Waals surface area contributed by atoms with Crippen LogP contribution in [-0.2, 0) is 18.3 Å². The lowest BCUT2D eigenvalue weighted by molar-refractivity contribution is -0.119. The van der Waals surface area contributed by atoms with Crippen LogP contribution in [0.4, 0.5) is 14.5 Å². The van der Waals surface area contributed by atoms with E-state index in [2.05, 4.69) is 21.0 Å². The van der Waals surface area contributed by atoms with Gasteiger partial charge in [-0.1, -0.05) is 23.2 Å². The van der Waals surface area contributed by atoms with E-state index in [1.54, 1.807) is 0 Å². The average molecular weight is 670 g/mol. The van der Waals surface area contributed by atoms with E-state index in [1.807, 2.05) is 6.07 Å². The Morgan fingerprint density at radius 1 is 1.07 bits per heavy atom. The molecule has 2 unspecified atom stereocenters. The van der Waals surface area contributed by atoms with Crippen LogP contribution in [0, 0.1) is 11.6 Å². The van der Waals surface area contributed by atoms with E-state index in [1.165, 1.54) is 38.6 Å². The lowest BCUT2D eigenvalue weighted by Crippen LogP contribution is -2.36. The van der Waals surface area contributed by atoms with Crippen LogP contribution in [0.15, 0.2) is 47.4 Å². The van der Waals surface area contributed by atoms with Crippen molar-refractivity contribution in [2.24, 2.45) is 7.05 Å². The second kappa shape index (κ2) is 12.8. The molecule has 2 amide bonds. The molecule has 0 spiro atoms. The fraction of sp³-hybridized carbons (Fsp3) is 0.281. The first-order valence-electron chi connectivity index (χ1n) is 14.5. The van der Waals surface area contributed by atoms with Crippen LogP contribution in [0.25, 0.3) is 22.4 Å². The molecule has 4 aromatic rings. The lowest BCUT2D eigenvalue weighted by atomic mass is 9.98. The zero-order chi connectivity index (χ0) is 32.7. The maximum Gasteiger partial charge on any atom is 0.279 e. The number of benzene rings is 2. The van der Waals surface area contributed by atoms with Crippen molar-refractivity contribution in [1.82, 2.24) is 25.4 Å². The van der Waals surface area contributed by atoms with Gasteiger partial charge in [0.2, 0.25) is 11.8 Å². The molecule has 2 atom stereocenters. The predicted molar refractivity (Wildman–Crippen MR) is 169 cm³/mol. The Morgan fingerprint density at radius 2 is 1.80 bits per heavy atom. The minimum atomic E-state index is -0.882. The number of carbonyl (C=O) groups is 2. The van der Waals surface area contributed by atoms with Gasteiger partial charge >= 0.3 is 0 Å². The molecular weight excluding hydrogens is 641 g/mol. The van der Waals surface area contributed by atoms with Crippen molar-refractivity contribution in [3.05, 3.63) is 91.3 Å². The first-order chi connectivity index (χ1) is 22.1. The maximum atomic E-state index is 15.5. The molecule has 0 bridgehead atoms. The normalized spacial score (nSPS) is 17.1. The third-order valence-electron chi connectivity index (χ3n) is 8.26. The molecule has 1 aliphatic carbocycles. The number of methoxy groups -OCH3 is 1. The summed E-state index contributed by atoms with van der Waals surface area (Å²) < 4.78 is 37.5. The third-order valence-corrected chi connectivity index (χ3v) is 9.04. The van der Waals surface area contributed by atoms with E-state index < -0.39 is 23.1 Å². The summed E-state index contributed by atoms with van der Waals surface area (Å²) in [7, 11) is 2.90. The van der Waals surface area contributed by atoms with Crippen LogP contribution in [0.5, 0.6) is 5.88 Å². The number of hydrogen-bond donors (Lipinski definition) is 3. The number of pyridine rings is 1. The molecule has 46 heavy (non-hydrogen) atoms. The van der Waals surface area contributed by atoms with Crippen LogP contribution < -0.4 is 26.2 Å². The Bertz CT molecular complexity index is 1950. The van der Waals surface area contributed by atoms with Gasteiger partial charge in [-0.05, 0) is 61.2 Å². The molecule has 2 aromatic carbocycles. The molecule has 1 aliphatic heterocycles. The van der Waals surface area contributed by atoms with Crippen molar-refractivity contribution >= 4 is 40.7 Å².